The van der Waals surface area contributed by atoms with Crippen LogP contribution in [0, 0.1) is 5.41 Å². The Balaban J connectivity index is 1.90. The highest BCUT2D eigenvalue weighted by Gasteiger charge is 2.45. The Morgan fingerprint density at radius 2 is 2.00 bits per heavy atom. The second-order valence-corrected chi connectivity index (χ2v) is 7.90. The van der Waals surface area contributed by atoms with Crippen molar-refractivity contribution >= 4 is 11.9 Å². The minimum absolute atomic E-state index is 0.0343. The van der Waals surface area contributed by atoms with Gasteiger partial charge in [-0.25, -0.2) is 9.48 Å². The van der Waals surface area contributed by atoms with Crippen molar-refractivity contribution in [3.8, 4) is 0 Å². The maximum atomic E-state index is 13.1. The predicted octanol–water partition coefficient (Wildman–Crippen LogP) is 0.789. The predicted molar refractivity (Wildman–Crippen MR) is 84.2 cm³/mol. The zero-order valence-corrected chi connectivity index (χ0v) is 14.2. The van der Waals surface area contributed by atoms with Gasteiger partial charge in [-0.3, -0.25) is 4.79 Å². The van der Waals surface area contributed by atoms with E-state index in [-0.39, 0.29) is 18.9 Å². The molecular formula is C16H24N4O4. The molecule has 132 valence electrons. The molecule has 2 unspecified atom stereocenters. The Morgan fingerprint density at radius 3 is 2.54 bits per heavy atom. The molecule has 2 aliphatic rings. The van der Waals surface area contributed by atoms with Gasteiger partial charge in [0.1, 0.15) is 12.1 Å². The number of hydrogen-bond donors (Lipinski definition) is 2. The first-order valence-corrected chi connectivity index (χ1v) is 8.31. The molecule has 1 aromatic heterocycles. The van der Waals surface area contributed by atoms with E-state index in [9.17, 15) is 19.8 Å². The number of aliphatic carboxylic acids is 1. The van der Waals surface area contributed by atoms with Crippen LogP contribution in [0.2, 0.25) is 0 Å². The van der Waals surface area contributed by atoms with Crippen LogP contribution in [-0.2, 0) is 9.59 Å². The molecule has 2 heterocycles. The Morgan fingerprint density at radius 1 is 1.33 bits per heavy atom. The number of carboxylic acids is 1. The number of aliphatic hydroxyl groups is 1. The summed E-state index contributed by atoms with van der Waals surface area (Å²) in [7, 11) is 0. The maximum absolute atomic E-state index is 13.1. The van der Waals surface area contributed by atoms with Crippen molar-refractivity contribution < 1.29 is 19.8 Å². The number of carbonyl (C=O) groups excluding carboxylic acids is 1. The highest BCUT2D eigenvalue weighted by Crippen LogP contribution is 2.40. The summed E-state index contributed by atoms with van der Waals surface area (Å²) in [5.41, 5.74) is 0.413. The first kappa shape index (κ1) is 16.9. The number of rotatable bonds is 4. The van der Waals surface area contributed by atoms with Gasteiger partial charge < -0.3 is 15.1 Å². The van der Waals surface area contributed by atoms with Crippen molar-refractivity contribution in [2.75, 3.05) is 6.54 Å². The molecule has 1 amide bonds. The molecule has 0 radical (unpaired) electrons. The zero-order chi connectivity index (χ0) is 17.6. The Hall–Kier alpha value is -1.96. The van der Waals surface area contributed by atoms with Crippen molar-refractivity contribution in [3.05, 3.63) is 11.9 Å². The van der Waals surface area contributed by atoms with Crippen LogP contribution in [0.25, 0.3) is 0 Å². The number of carboxylic acid groups (broad SMARTS) is 1. The molecule has 1 aromatic rings. The highest BCUT2D eigenvalue weighted by atomic mass is 16.4. The number of likely N-dealkylation sites (tertiary alicyclic amines) is 1. The fraction of sp³-hybridized carbons (Fsp3) is 0.750. The van der Waals surface area contributed by atoms with E-state index in [0.29, 0.717) is 5.92 Å². The molecule has 1 aliphatic carbocycles. The molecule has 0 spiro atoms. The number of hydrogen-bond acceptors (Lipinski definition) is 5. The summed E-state index contributed by atoms with van der Waals surface area (Å²) in [4.78, 5) is 25.8. The van der Waals surface area contributed by atoms with Gasteiger partial charge in [0.2, 0.25) is 5.91 Å². The molecule has 8 heteroatoms. The first-order valence-electron chi connectivity index (χ1n) is 8.31. The van der Waals surface area contributed by atoms with Crippen molar-refractivity contribution in [1.82, 2.24) is 19.9 Å². The summed E-state index contributed by atoms with van der Waals surface area (Å²) in [6.45, 7) is 5.77. The lowest BCUT2D eigenvalue weighted by atomic mass is 9.85. The van der Waals surface area contributed by atoms with Gasteiger partial charge in [0, 0.05) is 25.1 Å². The third-order valence-corrected chi connectivity index (χ3v) is 4.69. The van der Waals surface area contributed by atoms with Gasteiger partial charge >= 0.3 is 5.97 Å². The molecule has 1 saturated heterocycles. The monoisotopic (exact) mass is 336 g/mol. The molecule has 1 aliphatic heterocycles. The van der Waals surface area contributed by atoms with E-state index in [1.165, 1.54) is 4.90 Å². The van der Waals surface area contributed by atoms with Gasteiger partial charge in [0.25, 0.3) is 0 Å². The smallest absolute Gasteiger partial charge is 0.326 e. The number of nitrogens with zero attached hydrogens (tertiary/aromatic N) is 4. The van der Waals surface area contributed by atoms with Gasteiger partial charge in [-0.1, -0.05) is 26.0 Å². The number of carbonyl (C=O) groups is 2. The van der Waals surface area contributed by atoms with Crippen LogP contribution in [-0.4, -0.2) is 60.7 Å². The minimum Gasteiger partial charge on any atom is -0.480 e. The number of aromatic nitrogens is 3. The summed E-state index contributed by atoms with van der Waals surface area (Å²) < 4.78 is 1.56. The van der Waals surface area contributed by atoms with Crippen molar-refractivity contribution in [2.45, 2.75) is 64.1 Å². The minimum atomic E-state index is -1.09. The second kappa shape index (κ2) is 5.84. The van der Waals surface area contributed by atoms with E-state index < -0.39 is 29.6 Å². The first-order chi connectivity index (χ1) is 11.2. The summed E-state index contributed by atoms with van der Waals surface area (Å²) in [6, 6.07) is -1.66. The van der Waals surface area contributed by atoms with E-state index >= 15 is 0 Å². The fourth-order valence-electron chi connectivity index (χ4n) is 3.31. The SMILES string of the molecule is CC(C)(C)[C@@H](C(=O)N1CC(O)CC1C(=O)O)n1cc(C2CC2)nn1. The molecule has 0 bridgehead atoms. The van der Waals surface area contributed by atoms with E-state index in [1.807, 2.05) is 20.8 Å². The van der Waals surface area contributed by atoms with E-state index in [2.05, 4.69) is 10.3 Å². The van der Waals surface area contributed by atoms with Gasteiger partial charge in [-0.15, -0.1) is 5.10 Å². The van der Waals surface area contributed by atoms with Gasteiger partial charge in [-0.2, -0.15) is 0 Å². The number of β-amino-alcohol motifs (C(OH)–C–C–N with tert-alkyl or cyclic N) is 1. The lowest BCUT2D eigenvalue weighted by Crippen LogP contribution is -2.47. The third kappa shape index (κ3) is 3.15. The normalized spacial score (nSPS) is 25.8. The Labute approximate surface area is 140 Å². The molecule has 24 heavy (non-hydrogen) atoms. The largest absolute Gasteiger partial charge is 0.480 e. The molecular weight excluding hydrogens is 312 g/mol. The van der Waals surface area contributed by atoms with E-state index in [1.54, 1.807) is 10.9 Å². The van der Waals surface area contributed by atoms with Crippen LogP contribution < -0.4 is 0 Å². The molecule has 0 aromatic carbocycles. The highest BCUT2D eigenvalue weighted by molar-refractivity contribution is 5.87. The second-order valence-electron chi connectivity index (χ2n) is 7.90. The number of amides is 1. The molecule has 1 saturated carbocycles. The van der Waals surface area contributed by atoms with Crippen molar-refractivity contribution in [1.29, 1.82) is 0 Å². The van der Waals surface area contributed by atoms with Crippen molar-refractivity contribution in [3.63, 3.8) is 0 Å². The quantitative estimate of drug-likeness (QED) is 0.841. The van der Waals surface area contributed by atoms with Gasteiger partial charge in [0.15, 0.2) is 0 Å². The average Bonchev–Trinajstić information content (AvgIpc) is 3.07. The lowest BCUT2D eigenvalue weighted by Gasteiger charge is -2.34. The Bertz CT molecular complexity index is 647. The van der Waals surface area contributed by atoms with Crippen LogP contribution in [0.4, 0.5) is 0 Å². The van der Waals surface area contributed by atoms with Crippen LogP contribution in [0.3, 0.4) is 0 Å². The lowest BCUT2D eigenvalue weighted by molar-refractivity contribution is -0.151. The number of aliphatic hydroxyl groups excluding tert-OH is 1. The van der Waals surface area contributed by atoms with Crippen molar-refractivity contribution in [2.24, 2.45) is 5.41 Å². The van der Waals surface area contributed by atoms with E-state index in [0.717, 1.165) is 18.5 Å². The summed E-state index contributed by atoms with van der Waals surface area (Å²) in [5.74, 6) is -1.00. The molecule has 2 N–H and O–H groups in total. The summed E-state index contributed by atoms with van der Waals surface area (Å²) in [5, 5.41) is 27.5. The summed E-state index contributed by atoms with van der Waals surface area (Å²) >= 11 is 0. The van der Waals surface area contributed by atoms with Crippen LogP contribution in [0.15, 0.2) is 6.20 Å². The van der Waals surface area contributed by atoms with Crippen LogP contribution in [0.5, 0.6) is 0 Å². The van der Waals surface area contributed by atoms with Crippen LogP contribution >= 0.6 is 0 Å². The standard InChI is InChI=1S/C16H24N4O4/c1-16(2,3)13(20-8-11(17-18-20)9-4-5-9)14(22)19-7-10(21)6-12(19)15(23)24/h8-10,12-13,21H,4-7H2,1-3H3,(H,23,24)/t10?,12?,13-/m1/s1. The van der Waals surface area contributed by atoms with Crippen LogP contribution in [0.1, 0.15) is 57.7 Å². The molecule has 8 nitrogen and oxygen atoms in total. The zero-order valence-electron chi connectivity index (χ0n) is 14.2. The Kier molecular flexibility index (Phi) is 4.11. The van der Waals surface area contributed by atoms with Gasteiger partial charge in [-0.05, 0) is 18.3 Å². The third-order valence-electron chi connectivity index (χ3n) is 4.69. The summed E-state index contributed by atoms with van der Waals surface area (Å²) in [6.07, 6.45) is 3.22. The molecule has 3 atom stereocenters. The fourth-order valence-corrected chi connectivity index (χ4v) is 3.31. The maximum Gasteiger partial charge on any atom is 0.326 e. The topological polar surface area (TPSA) is 109 Å². The average molecular weight is 336 g/mol. The van der Waals surface area contributed by atoms with E-state index in [4.69, 9.17) is 0 Å². The molecule has 3 rings (SSSR count). The van der Waals surface area contributed by atoms with Gasteiger partial charge in [0.05, 0.1) is 11.8 Å². The molecule has 2 fully saturated rings.